The van der Waals surface area contributed by atoms with Crippen LogP contribution in [0.3, 0.4) is 0 Å². The lowest BCUT2D eigenvalue weighted by Crippen LogP contribution is -2.42. The van der Waals surface area contributed by atoms with Crippen molar-refractivity contribution in [1.82, 2.24) is 10.7 Å². The van der Waals surface area contributed by atoms with Gasteiger partial charge < -0.3 is 5.32 Å². The minimum absolute atomic E-state index is 0.245. The Morgan fingerprint density at radius 3 is 2.47 bits per heavy atom. The molecule has 0 spiro atoms. The van der Waals surface area contributed by atoms with Crippen LogP contribution in [0, 0.1) is 5.41 Å². The maximum atomic E-state index is 5.38. The summed E-state index contributed by atoms with van der Waals surface area (Å²) >= 11 is 0. The van der Waals surface area contributed by atoms with Crippen molar-refractivity contribution in [2.24, 2.45) is 16.3 Å². The van der Waals surface area contributed by atoms with Gasteiger partial charge in [0.1, 0.15) is 0 Å². The average Bonchev–Trinajstić information content (AvgIpc) is 2.23. The van der Waals surface area contributed by atoms with E-state index >= 15 is 0 Å². The van der Waals surface area contributed by atoms with Gasteiger partial charge in [0.2, 0.25) is 5.96 Å². The summed E-state index contributed by atoms with van der Waals surface area (Å²) in [5.74, 6) is 6.08. The van der Waals surface area contributed by atoms with Gasteiger partial charge in [-0.1, -0.05) is 34.1 Å². The second-order valence-electron chi connectivity index (χ2n) is 4.61. The fraction of sp³-hybridized carbons (Fsp3) is 0.909. The number of unbranched alkanes of at least 4 members (excludes halogenated alkanes) is 1. The van der Waals surface area contributed by atoms with Gasteiger partial charge in [0, 0.05) is 13.1 Å². The number of rotatable bonds is 6. The predicted molar refractivity (Wildman–Crippen MR) is 66.6 cm³/mol. The maximum absolute atomic E-state index is 5.38. The van der Waals surface area contributed by atoms with Crippen LogP contribution in [0.5, 0.6) is 0 Å². The molecule has 15 heavy (non-hydrogen) atoms. The molecule has 90 valence electrons. The van der Waals surface area contributed by atoms with Crippen molar-refractivity contribution in [3.05, 3.63) is 0 Å². The summed E-state index contributed by atoms with van der Waals surface area (Å²) in [4.78, 5) is 4.43. The van der Waals surface area contributed by atoms with Crippen LogP contribution in [0.1, 0.15) is 47.0 Å². The Morgan fingerprint density at radius 2 is 2.00 bits per heavy atom. The summed E-state index contributed by atoms with van der Waals surface area (Å²) in [6, 6.07) is 0. The Balaban J connectivity index is 3.99. The van der Waals surface area contributed by atoms with E-state index < -0.39 is 0 Å². The molecular weight excluding hydrogens is 188 g/mol. The molecule has 0 aromatic carbocycles. The van der Waals surface area contributed by atoms with E-state index in [4.69, 9.17) is 5.84 Å². The number of guanidine groups is 1. The van der Waals surface area contributed by atoms with Crippen molar-refractivity contribution >= 4 is 5.96 Å². The normalized spacial score (nSPS) is 12.7. The Hall–Kier alpha value is -0.770. The molecule has 0 aromatic heterocycles. The van der Waals surface area contributed by atoms with Crippen molar-refractivity contribution < 1.29 is 0 Å². The third kappa shape index (κ3) is 7.19. The largest absolute Gasteiger partial charge is 0.355 e. The van der Waals surface area contributed by atoms with Crippen LogP contribution in [-0.4, -0.2) is 19.0 Å². The molecule has 0 rings (SSSR count). The molecule has 0 saturated heterocycles. The van der Waals surface area contributed by atoms with Crippen molar-refractivity contribution in [2.75, 3.05) is 13.1 Å². The smallest absolute Gasteiger partial charge is 0.205 e. The highest BCUT2D eigenvalue weighted by molar-refractivity contribution is 5.79. The molecule has 4 nitrogen and oxygen atoms in total. The molecule has 0 aromatic rings. The second-order valence-corrected chi connectivity index (χ2v) is 4.61. The lowest BCUT2D eigenvalue weighted by molar-refractivity contribution is 0.365. The van der Waals surface area contributed by atoms with E-state index in [1.165, 1.54) is 6.42 Å². The lowest BCUT2D eigenvalue weighted by Gasteiger charge is -2.20. The fourth-order valence-electron chi connectivity index (χ4n) is 0.941. The van der Waals surface area contributed by atoms with Crippen molar-refractivity contribution in [3.8, 4) is 0 Å². The molecule has 0 aliphatic heterocycles. The van der Waals surface area contributed by atoms with E-state index in [0.29, 0.717) is 5.96 Å². The molecule has 0 radical (unpaired) electrons. The number of nitrogens with two attached hydrogens (primary N) is 1. The van der Waals surface area contributed by atoms with Gasteiger partial charge in [-0.25, -0.2) is 5.84 Å². The second kappa shape index (κ2) is 7.51. The van der Waals surface area contributed by atoms with Crippen LogP contribution in [0.4, 0.5) is 0 Å². The Labute approximate surface area is 93.7 Å². The van der Waals surface area contributed by atoms with E-state index in [9.17, 15) is 0 Å². The SMILES string of the molecule is CCCCNC(=NCC(C)(C)CC)NN. The van der Waals surface area contributed by atoms with Crippen LogP contribution in [-0.2, 0) is 0 Å². The maximum Gasteiger partial charge on any atom is 0.205 e. The van der Waals surface area contributed by atoms with E-state index in [0.717, 1.165) is 25.9 Å². The van der Waals surface area contributed by atoms with E-state index in [2.05, 4.69) is 43.4 Å². The van der Waals surface area contributed by atoms with Crippen LogP contribution in [0.2, 0.25) is 0 Å². The first-order chi connectivity index (χ1) is 7.05. The van der Waals surface area contributed by atoms with Crippen molar-refractivity contribution in [3.63, 3.8) is 0 Å². The molecule has 0 amide bonds. The van der Waals surface area contributed by atoms with Crippen LogP contribution in [0.25, 0.3) is 0 Å². The van der Waals surface area contributed by atoms with Gasteiger partial charge in [0.05, 0.1) is 0 Å². The molecule has 0 fully saturated rings. The molecule has 0 atom stereocenters. The summed E-state index contributed by atoms with van der Waals surface area (Å²) in [7, 11) is 0. The van der Waals surface area contributed by atoms with Gasteiger partial charge in [0.15, 0.2) is 0 Å². The topological polar surface area (TPSA) is 62.4 Å². The number of nitrogens with zero attached hydrogens (tertiary/aromatic N) is 1. The van der Waals surface area contributed by atoms with Gasteiger partial charge in [0.25, 0.3) is 0 Å². The molecule has 0 saturated carbocycles. The average molecular weight is 214 g/mol. The van der Waals surface area contributed by atoms with E-state index in [1.54, 1.807) is 0 Å². The minimum atomic E-state index is 0.245. The molecular formula is C11H26N4. The fourth-order valence-corrected chi connectivity index (χ4v) is 0.941. The molecule has 4 heteroatoms. The lowest BCUT2D eigenvalue weighted by atomic mass is 9.91. The quantitative estimate of drug-likeness (QED) is 0.207. The standard InChI is InChI=1S/C11H26N4/c1-5-7-8-13-10(15-12)14-9-11(3,4)6-2/h5-9,12H2,1-4H3,(H2,13,14,15). The highest BCUT2D eigenvalue weighted by Gasteiger charge is 2.14. The molecule has 0 heterocycles. The first-order valence-corrected chi connectivity index (χ1v) is 5.80. The minimum Gasteiger partial charge on any atom is -0.355 e. The van der Waals surface area contributed by atoms with Crippen molar-refractivity contribution in [2.45, 2.75) is 47.0 Å². The molecule has 0 aliphatic carbocycles. The zero-order chi connectivity index (χ0) is 11.7. The zero-order valence-corrected chi connectivity index (χ0v) is 10.6. The van der Waals surface area contributed by atoms with Gasteiger partial charge in [-0.15, -0.1) is 0 Å². The van der Waals surface area contributed by atoms with Gasteiger partial charge in [-0.2, -0.15) is 0 Å². The van der Waals surface area contributed by atoms with Crippen molar-refractivity contribution in [1.29, 1.82) is 0 Å². The van der Waals surface area contributed by atoms with Crippen LogP contribution >= 0.6 is 0 Å². The summed E-state index contributed by atoms with van der Waals surface area (Å²) in [5, 5.41) is 3.18. The monoisotopic (exact) mass is 214 g/mol. The highest BCUT2D eigenvalue weighted by atomic mass is 15.3. The third-order valence-corrected chi connectivity index (χ3v) is 2.58. The number of hydrogen-bond acceptors (Lipinski definition) is 2. The summed E-state index contributed by atoms with van der Waals surface area (Å²) in [6.07, 6.45) is 3.42. The summed E-state index contributed by atoms with van der Waals surface area (Å²) in [6.45, 7) is 10.5. The summed E-state index contributed by atoms with van der Waals surface area (Å²) < 4.78 is 0. The molecule has 4 N–H and O–H groups in total. The number of hydrogen-bond donors (Lipinski definition) is 3. The molecule has 0 bridgehead atoms. The Bertz CT molecular complexity index is 187. The number of aliphatic imine (C=N–C) groups is 1. The molecule has 0 aliphatic rings. The number of nitrogens with one attached hydrogen (secondary N) is 2. The third-order valence-electron chi connectivity index (χ3n) is 2.58. The van der Waals surface area contributed by atoms with E-state index in [1.807, 2.05) is 0 Å². The highest BCUT2D eigenvalue weighted by Crippen LogP contribution is 2.19. The first kappa shape index (κ1) is 14.2. The predicted octanol–water partition coefficient (Wildman–Crippen LogP) is 1.63. The van der Waals surface area contributed by atoms with Gasteiger partial charge in [-0.05, 0) is 18.3 Å². The van der Waals surface area contributed by atoms with E-state index in [-0.39, 0.29) is 5.41 Å². The summed E-state index contributed by atoms with van der Waals surface area (Å²) in [5.41, 5.74) is 2.84. The number of hydrazine groups is 1. The van der Waals surface area contributed by atoms with Gasteiger partial charge in [-0.3, -0.25) is 10.4 Å². The first-order valence-electron chi connectivity index (χ1n) is 5.80. The van der Waals surface area contributed by atoms with Gasteiger partial charge >= 0.3 is 0 Å². The zero-order valence-electron chi connectivity index (χ0n) is 10.6. The Morgan fingerprint density at radius 1 is 1.33 bits per heavy atom. The molecule has 0 unspecified atom stereocenters. The van der Waals surface area contributed by atoms with Crippen LogP contribution in [0.15, 0.2) is 4.99 Å². The Kier molecular flexibility index (Phi) is 7.13. The van der Waals surface area contributed by atoms with Crippen LogP contribution < -0.4 is 16.6 Å².